The number of aromatic amines is 1. The maximum atomic E-state index is 10.4. The maximum Gasteiger partial charge on any atom is 0.341 e. The number of nitrogens with one attached hydrogen (secondary N) is 1. The molecule has 1 aromatic rings. The molecular formula is C7H6NO4+. The molecule has 62 valence electrons. The Morgan fingerprint density at radius 3 is 1.83 bits per heavy atom. The molecule has 0 saturated heterocycles. The van der Waals surface area contributed by atoms with Crippen LogP contribution in [0, 0.1) is 0 Å². The Hall–Kier alpha value is -1.91. The summed E-state index contributed by atoms with van der Waals surface area (Å²) in [6, 6.07) is 1.08. The van der Waals surface area contributed by atoms with Crippen molar-refractivity contribution in [2.75, 3.05) is 0 Å². The largest absolute Gasteiger partial charge is 0.477 e. The summed E-state index contributed by atoms with van der Waals surface area (Å²) >= 11 is 0. The van der Waals surface area contributed by atoms with Gasteiger partial charge in [0.1, 0.15) is 11.1 Å². The van der Waals surface area contributed by atoms with E-state index >= 15 is 0 Å². The molecule has 0 atom stereocenters. The number of pyridine rings is 1. The van der Waals surface area contributed by atoms with E-state index in [0.717, 1.165) is 6.07 Å². The van der Waals surface area contributed by atoms with Crippen molar-refractivity contribution in [2.45, 2.75) is 0 Å². The Morgan fingerprint density at radius 1 is 1.08 bits per heavy atom. The first-order chi connectivity index (χ1) is 5.61. The van der Waals surface area contributed by atoms with E-state index < -0.39 is 11.9 Å². The second kappa shape index (κ2) is 3.00. The van der Waals surface area contributed by atoms with Gasteiger partial charge in [0.15, 0.2) is 12.4 Å². The topological polar surface area (TPSA) is 88.7 Å². The second-order valence-corrected chi connectivity index (χ2v) is 2.12. The average molecular weight is 168 g/mol. The van der Waals surface area contributed by atoms with Crippen molar-refractivity contribution in [3.05, 3.63) is 29.6 Å². The molecule has 0 amide bonds. The van der Waals surface area contributed by atoms with Crippen LogP contribution in [0.5, 0.6) is 0 Å². The highest BCUT2D eigenvalue weighted by molar-refractivity contribution is 5.92. The molecule has 3 N–H and O–H groups in total. The molecule has 0 aromatic carbocycles. The Bertz CT molecular complexity index is 305. The van der Waals surface area contributed by atoms with Crippen molar-refractivity contribution < 1.29 is 24.8 Å². The lowest BCUT2D eigenvalue weighted by Crippen LogP contribution is -2.11. The van der Waals surface area contributed by atoms with E-state index in [-0.39, 0.29) is 11.1 Å². The van der Waals surface area contributed by atoms with Crippen LogP contribution >= 0.6 is 0 Å². The van der Waals surface area contributed by atoms with Crippen LogP contribution in [0.1, 0.15) is 20.7 Å². The normalized spacial score (nSPS) is 9.33. The van der Waals surface area contributed by atoms with Gasteiger partial charge in [0.25, 0.3) is 0 Å². The van der Waals surface area contributed by atoms with Gasteiger partial charge in [-0.15, -0.1) is 0 Å². The van der Waals surface area contributed by atoms with Crippen molar-refractivity contribution in [3.63, 3.8) is 0 Å². The van der Waals surface area contributed by atoms with E-state index in [4.69, 9.17) is 10.2 Å². The van der Waals surface area contributed by atoms with Gasteiger partial charge in [-0.3, -0.25) is 0 Å². The molecule has 0 aliphatic carbocycles. The highest BCUT2D eigenvalue weighted by Gasteiger charge is 2.11. The molecule has 0 fully saturated rings. The number of hydrogen-bond donors (Lipinski definition) is 2. The lowest BCUT2D eigenvalue weighted by molar-refractivity contribution is -0.378. The van der Waals surface area contributed by atoms with Crippen LogP contribution in [0.25, 0.3) is 0 Å². The fourth-order valence-corrected chi connectivity index (χ4v) is 0.719. The number of H-pyrrole nitrogens is 1. The molecule has 1 aromatic heterocycles. The Kier molecular flexibility index (Phi) is 2.05. The molecule has 0 saturated carbocycles. The number of aromatic carboxylic acids is 2. The third kappa shape index (κ3) is 1.57. The highest BCUT2D eigenvalue weighted by atomic mass is 16.4. The van der Waals surface area contributed by atoms with Crippen LogP contribution in [0.4, 0.5) is 0 Å². The number of carbonyl (C=O) groups is 2. The monoisotopic (exact) mass is 168 g/mol. The van der Waals surface area contributed by atoms with Crippen molar-refractivity contribution in [2.24, 2.45) is 0 Å². The molecule has 12 heavy (non-hydrogen) atoms. The first-order valence-corrected chi connectivity index (χ1v) is 3.09. The molecule has 5 nitrogen and oxygen atoms in total. The lowest BCUT2D eigenvalue weighted by atomic mass is 10.2. The van der Waals surface area contributed by atoms with Gasteiger partial charge in [-0.25, -0.2) is 14.6 Å². The quantitative estimate of drug-likeness (QED) is 0.645. The van der Waals surface area contributed by atoms with E-state index in [0.29, 0.717) is 0 Å². The Labute approximate surface area is 67.3 Å². The third-order valence-electron chi connectivity index (χ3n) is 1.28. The van der Waals surface area contributed by atoms with Crippen LogP contribution in [-0.4, -0.2) is 22.2 Å². The number of aromatic nitrogens is 1. The fourth-order valence-electron chi connectivity index (χ4n) is 0.719. The molecule has 0 radical (unpaired) electrons. The smallest absolute Gasteiger partial charge is 0.341 e. The van der Waals surface area contributed by atoms with Crippen LogP contribution < -0.4 is 4.98 Å². The van der Waals surface area contributed by atoms with Crippen molar-refractivity contribution in [1.29, 1.82) is 0 Å². The summed E-state index contributed by atoms with van der Waals surface area (Å²) in [6.45, 7) is 0. The summed E-state index contributed by atoms with van der Waals surface area (Å²) in [4.78, 5) is 23.2. The number of hydrogen-bond acceptors (Lipinski definition) is 2. The van der Waals surface area contributed by atoms with E-state index in [2.05, 4.69) is 4.98 Å². The molecule has 0 aliphatic heterocycles. The molecular weight excluding hydrogens is 162 g/mol. The predicted octanol–water partition coefficient (Wildman–Crippen LogP) is -0.103. The molecule has 0 bridgehead atoms. The summed E-state index contributed by atoms with van der Waals surface area (Å²) in [5, 5.41) is 17.0. The first-order valence-electron chi connectivity index (χ1n) is 3.09. The van der Waals surface area contributed by atoms with Gasteiger partial charge in [-0.1, -0.05) is 0 Å². The maximum absolute atomic E-state index is 10.4. The van der Waals surface area contributed by atoms with Crippen LogP contribution in [-0.2, 0) is 0 Å². The van der Waals surface area contributed by atoms with Crippen LogP contribution in [0.2, 0.25) is 0 Å². The zero-order chi connectivity index (χ0) is 9.14. The minimum absolute atomic E-state index is 0.0742. The van der Waals surface area contributed by atoms with E-state index in [1.807, 2.05) is 0 Å². The predicted molar refractivity (Wildman–Crippen MR) is 36.9 cm³/mol. The van der Waals surface area contributed by atoms with E-state index in [9.17, 15) is 9.59 Å². The number of carboxylic acids is 2. The second-order valence-electron chi connectivity index (χ2n) is 2.12. The minimum atomic E-state index is -1.16. The van der Waals surface area contributed by atoms with Gasteiger partial charge in [0.05, 0.1) is 0 Å². The summed E-state index contributed by atoms with van der Waals surface area (Å²) in [5.74, 6) is -2.32. The van der Waals surface area contributed by atoms with Crippen LogP contribution in [0.15, 0.2) is 18.5 Å². The lowest BCUT2D eigenvalue weighted by Gasteiger charge is -1.90. The van der Waals surface area contributed by atoms with Gasteiger partial charge in [0.2, 0.25) is 0 Å². The standard InChI is InChI=1S/C7H5NO4/c9-6(10)4-1-5(7(11)12)3-8-2-4/h1-3H,(H,9,10)(H,11,12)/p+1. The Balaban J connectivity index is 3.12. The van der Waals surface area contributed by atoms with Crippen molar-refractivity contribution in [3.8, 4) is 0 Å². The van der Waals surface area contributed by atoms with Gasteiger partial charge < -0.3 is 10.2 Å². The minimum Gasteiger partial charge on any atom is -0.477 e. The third-order valence-corrected chi connectivity index (χ3v) is 1.28. The van der Waals surface area contributed by atoms with Gasteiger partial charge in [-0.05, 0) is 6.07 Å². The zero-order valence-electron chi connectivity index (χ0n) is 5.94. The molecule has 5 heteroatoms. The molecule has 0 aliphatic rings. The first kappa shape index (κ1) is 8.19. The van der Waals surface area contributed by atoms with Crippen molar-refractivity contribution in [1.82, 2.24) is 0 Å². The van der Waals surface area contributed by atoms with Crippen LogP contribution in [0.3, 0.4) is 0 Å². The number of carboxylic acid groups (broad SMARTS) is 2. The van der Waals surface area contributed by atoms with Gasteiger partial charge in [-0.2, -0.15) is 0 Å². The van der Waals surface area contributed by atoms with Gasteiger partial charge in [0, 0.05) is 0 Å². The van der Waals surface area contributed by atoms with Gasteiger partial charge >= 0.3 is 11.9 Å². The molecule has 0 unspecified atom stereocenters. The van der Waals surface area contributed by atoms with E-state index in [1.54, 1.807) is 0 Å². The Morgan fingerprint density at radius 2 is 1.50 bits per heavy atom. The molecule has 0 spiro atoms. The summed E-state index contributed by atoms with van der Waals surface area (Å²) < 4.78 is 0. The van der Waals surface area contributed by atoms with Crippen molar-refractivity contribution >= 4 is 11.9 Å². The molecule has 1 heterocycles. The zero-order valence-corrected chi connectivity index (χ0v) is 5.94. The number of rotatable bonds is 2. The fraction of sp³-hybridized carbons (Fsp3) is 0. The molecule has 1 rings (SSSR count). The van der Waals surface area contributed by atoms with E-state index in [1.165, 1.54) is 12.4 Å². The summed E-state index contributed by atoms with van der Waals surface area (Å²) in [7, 11) is 0. The highest BCUT2D eigenvalue weighted by Crippen LogP contribution is 1.99. The SMILES string of the molecule is O=C(O)c1c[nH+]cc(C(=O)O)c1. The summed E-state index contributed by atoms with van der Waals surface area (Å²) in [5.41, 5.74) is -0.148. The average Bonchev–Trinajstić information content (AvgIpc) is 2.04. The summed E-state index contributed by atoms with van der Waals surface area (Å²) in [6.07, 6.45) is 2.43.